The molecule has 164 valence electrons. The normalized spacial score (nSPS) is 21.8. The molecule has 0 saturated heterocycles. The van der Waals surface area contributed by atoms with Gasteiger partial charge in [-0.05, 0) is 36.1 Å². The van der Waals surface area contributed by atoms with Crippen LogP contribution >= 0.6 is 0 Å². The quantitative estimate of drug-likeness (QED) is 0.735. The highest BCUT2D eigenvalue weighted by molar-refractivity contribution is 6.03. The molecule has 0 unspecified atom stereocenters. The van der Waals surface area contributed by atoms with Crippen LogP contribution in [-0.2, 0) is 19.1 Å². The van der Waals surface area contributed by atoms with Crippen molar-refractivity contribution in [1.29, 1.82) is 0 Å². The van der Waals surface area contributed by atoms with Crippen LogP contribution in [0.1, 0.15) is 42.7 Å². The Morgan fingerprint density at radius 2 is 1.84 bits per heavy atom. The van der Waals surface area contributed by atoms with Crippen LogP contribution in [0.15, 0.2) is 71.3 Å². The van der Waals surface area contributed by atoms with E-state index >= 15 is 0 Å². The van der Waals surface area contributed by atoms with Gasteiger partial charge in [-0.2, -0.15) is 0 Å². The number of carbonyl (C=O) groups is 2. The Kier molecular flexibility index (Phi) is 5.09. The molecule has 0 spiro atoms. The van der Waals surface area contributed by atoms with Crippen molar-refractivity contribution < 1.29 is 28.5 Å². The van der Waals surface area contributed by atoms with E-state index in [1.54, 1.807) is 19.1 Å². The molecule has 32 heavy (non-hydrogen) atoms. The number of ketones is 1. The van der Waals surface area contributed by atoms with Gasteiger partial charge in [-0.15, -0.1) is 0 Å². The summed E-state index contributed by atoms with van der Waals surface area (Å²) in [5.41, 5.74) is 8.59. The number of fused-ring (bicyclic) bond motifs is 1. The molecule has 7 heteroatoms. The average Bonchev–Trinajstić information content (AvgIpc) is 3.26. The fourth-order valence-corrected chi connectivity index (χ4v) is 4.60. The zero-order valence-electron chi connectivity index (χ0n) is 17.6. The predicted octanol–water partition coefficient (Wildman–Crippen LogP) is 3.66. The first-order valence-corrected chi connectivity index (χ1v) is 10.6. The molecule has 7 nitrogen and oxygen atoms in total. The number of benzene rings is 2. The van der Waals surface area contributed by atoms with Gasteiger partial charge in [0.1, 0.15) is 11.3 Å². The number of esters is 1. The molecule has 0 bridgehead atoms. The molecular weight excluding hydrogens is 410 g/mol. The summed E-state index contributed by atoms with van der Waals surface area (Å²) in [5, 5.41) is 0. The third-order valence-corrected chi connectivity index (χ3v) is 6.04. The van der Waals surface area contributed by atoms with Gasteiger partial charge < -0.3 is 24.7 Å². The summed E-state index contributed by atoms with van der Waals surface area (Å²) in [6.07, 6.45) is 0.839. The largest absolute Gasteiger partial charge is 0.462 e. The van der Waals surface area contributed by atoms with Crippen molar-refractivity contribution in [2.45, 2.75) is 31.6 Å². The van der Waals surface area contributed by atoms with Crippen molar-refractivity contribution >= 4 is 11.8 Å². The van der Waals surface area contributed by atoms with Crippen molar-refractivity contribution in [1.82, 2.24) is 0 Å². The summed E-state index contributed by atoms with van der Waals surface area (Å²) in [4.78, 5) is 26.3. The molecule has 1 aliphatic carbocycles. The zero-order chi connectivity index (χ0) is 22.2. The molecule has 2 aliphatic heterocycles. The second-order valence-corrected chi connectivity index (χ2v) is 7.92. The SMILES string of the molecule is CCOC(=O)C1=C(N)OC2=C(C(=O)C[C@H](c3ccccc3)C2)[C@@H]1c1ccc2c(c1)OCO2. The van der Waals surface area contributed by atoms with Crippen LogP contribution in [0.3, 0.4) is 0 Å². The molecule has 5 rings (SSSR count). The first kappa shape index (κ1) is 20.2. The third-order valence-electron chi connectivity index (χ3n) is 6.04. The average molecular weight is 433 g/mol. The van der Waals surface area contributed by atoms with E-state index in [-0.39, 0.29) is 36.6 Å². The lowest BCUT2D eigenvalue weighted by Gasteiger charge is -2.35. The maximum atomic E-state index is 13.5. The molecule has 2 aromatic rings. The maximum Gasteiger partial charge on any atom is 0.340 e. The van der Waals surface area contributed by atoms with Crippen molar-refractivity contribution in [3.63, 3.8) is 0 Å². The minimum Gasteiger partial charge on any atom is -0.462 e. The highest BCUT2D eigenvalue weighted by atomic mass is 16.7. The first-order valence-electron chi connectivity index (χ1n) is 10.6. The van der Waals surface area contributed by atoms with Gasteiger partial charge in [0, 0.05) is 18.4 Å². The molecule has 2 heterocycles. The molecule has 2 aromatic carbocycles. The molecule has 2 N–H and O–H groups in total. The topological polar surface area (TPSA) is 97.1 Å². The Labute approximate surface area is 185 Å². The molecular formula is C25H23NO6. The Morgan fingerprint density at radius 1 is 1.06 bits per heavy atom. The number of allylic oxidation sites excluding steroid dienone is 2. The summed E-state index contributed by atoms with van der Waals surface area (Å²) >= 11 is 0. The van der Waals surface area contributed by atoms with E-state index in [1.807, 2.05) is 36.4 Å². The first-order chi connectivity index (χ1) is 15.6. The maximum absolute atomic E-state index is 13.5. The van der Waals surface area contributed by atoms with Gasteiger partial charge in [-0.25, -0.2) is 4.79 Å². The van der Waals surface area contributed by atoms with E-state index in [4.69, 9.17) is 24.7 Å². The third kappa shape index (κ3) is 3.39. The lowest BCUT2D eigenvalue weighted by Crippen LogP contribution is -2.33. The minimum absolute atomic E-state index is 0.0169. The molecule has 0 fully saturated rings. The lowest BCUT2D eigenvalue weighted by atomic mass is 9.73. The molecule has 3 aliphatic rings. The van der Waals surface area contributed by atoms with Crippen LogP contribution in [-0.4, -0.2) is 25.2 Å². The van der Waals surface area contributed by atoms with Gasteiger partial charge in [0.15, 0.2) is 17.3 Å². The number of hydrogen-bond acceptors (Lipinski definition) is 7. The van der Waals surface area contributed by atoms with E-state index in [0.717, 1.165) is 5.56 Å². The van der Waals surface area contributed by atoms with Crippen LogP contribution in [0.2, 0.25) is 0 Å². The summed E-state index contributed by atoms with van der Waals surface area (Å²) in [6, 6.07) is 15.2. The van der Waals surface area contributed by atoms with E-state index < -0.39 is 11.9 Å². The predicted molar refractivity (Wildman–Crippen MR) is 115 cm³/mol. The summed E-state index contributed by atoms with van der Waals surface area (Å²) < 4.78 is 22.1. The minimum atomic E-state index is -0.698. The van der Waals surface area contributed by atoms with E-state index in [2.05, 4.69) is 0 Å². The van der Waals surface area contributed by atoms with Crippen LogP contribution in [0.4, 0.5) is 0 Å². The number of Topliss-reactive ketones (excluding diaryl/α,β-unsaturated/α-hetero) is 1. The smallest absolute Gasteiger partial charge is 0.340 e. The van der Waals surface area contributed by atoms with Gasteiger partial charge in [0.2, 0.25) is 12.7 Å². The Hall–Kier alpha value is -3.74. The molecule has 0 saturated carbocycles. The monoisotopic (exact) mass is 433 g/mol. The second kappa shape index (κ2) is 8.07. The number of carbonyl (C=O) groups excluding carboxylic acids is 2. The molecule has 2 atom stereocenters. The number of nitrogens with two attached hydrogens (primary N) is 1. The van der Waals surface area contributed by atoms with Crippen LogP contribution in [0.5, 0.6) is 11.5 Å². The van der Waals surface area contributed by atoms with Crippen LogP contribution in [0.25, 0.3) is 0 Å². The highest BCUT2D eigenvalue weighted by Crippen LogP contribution is 2.48. The van der Waals surface area contributed by atoms with E-state index in [1.165, 1.54) is 0 Å². The second-order valence-electron chi connectivity index (χ2n) is 7.92. The van der Waals surface area contributed by atoms with Gasteiger partial charge in [-0.1, -0.05) is 36.4 Å². The van der Waals surface area contributed by atoms with Gasteiger partial charge in [-0.3, -0.25) is 4.79 Å². The number of rotatable bonds is 4. The van der Waals surface area contributed by atoms with E-state index in [0.29, 0.717) is 41.2 Å². The number of ether oxygens (including phenoxy) is 4. The summed E-state index contributed by atoms with van der Waals surface area (Å²) in [5.74, 6) is 0.254. The fourth-order valence-electron chi connectivity index (χ4n) is 4.60. The van der Waals surface area contributed by atoms with Crippen molar-refractivity contribution in [3.8, 4) is 11.5 Å². The fraction of sp³-hybridized carbons (Fsp3) is 0.280. The Balaban J connectivity index is 1.60. The van der Waals surface area contributed by atoms with Crippen molar-refractivity contribution in [2.24, 2.45) is 5.73 Å². The summed E-state index contributed by atoms with van der Waals surface area (Å²) in [6.45, 7) is 2.02. The molecule has 0 amide bonds. The zero-order valence-corrected chi connectivity index (χ0v) is 17.6. The van der Waals surface area contributed by atoms with Crippen molar-refractivity contribution in [3.05, 3.63) is 82.4 Å². The summed E-state index contributed by atoms with van der Waals surface area (Å²) in [7, 11) is 0. The Morgan fingerprint density at radius 3 is 2.62 bits per heavy atom. The highest BCUT2D eigenvalue weighted by Gasteiger charge is 2.43. The van der Waals surface area contributed by atoms with Gasteiger partial charge in [0.05, 0.1) is 12.5 Å². The van der Waals surface area contributed by atoms with Crippen LogP contribution < -0.4 is 15.2 Å². The van der Waals surface area contributed by atoms with Crippen LogP contribution in [0, 0.1) is 0 Å². The molecule has 0 radical (unpaired) electrons. The lowest BCUT2D eigenvalue weighted by molar-refractivity contribution is -0.139. The Bertz CT molecular complexity index is 1150. The standard InChI is InChI=1S/C25H23NO6/c1-2-29-25(28)23-21(15-8-9-18-19(11-15)31-13-30-18)22-17(27)10-16(12-20(22)32-24(23)26)14-6-4-3-5-7-14/h3-9,11,16,21H,2,10,12-13,26H2,1H3/t16-,21-/m0/s1. The van der Waals surface area contributed by atoms with Crippen molar-refractivity contribution in [2.75, 3.05) is 13.4 Å². The van der Waals surface area contributed by atoms with E-state index in [9.17, 15) is 9.59 Å². The number of hydrogen-bond donors (Lipinski definition) is 1. The van der Waals surface area contributed by atoms with Gasteiger partial charge >= 0.3 is 5.97 Å². The van der Waals surface area contributed by atoms with Gasteiger partial charge in [0.25, 0.3) is 0 Å². The molecule has 0 aromatic heterocycles.